The number of carbonyl (C=O) groups is 1. The van der Waals surface area contributed by atoms with E-state index in [0.29, 0.717) is 11.3 Å². The molecule has 160 valence electrons. The van der Waals surface area contributed by atoms with Crippen LogP contribution < -0.4 is 11.2 Å². The van der Waals surface area contributed by atoms with Crippen molar-refractivity contribution in [3.63, 3.8) is 0 Å². The summed E-state index contributed by atoms with van der Waals surface area (Å²) in [4.78, 5) is 46.2. The number of carbonyl (C=O) groups excluding carboxylic acids is 1. The van der Waals surface area contributed by atoms with Crippen molar-refractivity contribution in [3.8, 4) is 11.3 Å². The van der Waals surface area contributed by atoms with Crippen molar-refractivity contribution < 1.29 is 4.79 Å². The standard InChI is InChI=1S/C23H18ClN5O3/c1-27-20-19(21(31)28(2)23(27)32)29(22(24)26-20)12-16(30)17-14-10-6-7-11-15(14)25-18(17)13-8-4-3-5-9-13/h3-11,25H,12H2,1-2H3. The summed E-state index contributed by atoms with van der Waals surface area (Å²) in [5.41, 5.74) is 2.06. The van der Waals surface area contributed by atoms with E-state index < -0.39 is 11.2 Å². The molecule has 0 atom stereocenters. The first-order valence-corrected chi connectivity index (χ1v) is 10.3. The fourth-order valence-electron chi connectivity index (χ4n) is 4.04. The molecule has 0 bridgehead atoms. The Bertz CT molecular complexity index is 1640. The Morgan fingerprint density at radius 2 is 1.69 bits per heavy atom. The lowest BCUT2D eigenvalue weighted by atomic mass is 10.0. The molecule has 5 rings (SSSR count). The van der Waals surface area contributed by atoms with Crippen molar-refractivity contribution in [2.24, 2.45) is 14.1 Å². The molecule has 0 spiro atoms. The Kier molecular flexibility index (Phi) is 4.60. The molecule has 0 saturated carbocycles. The van der Waals surface area contributed by atoms with Crippen molar-refractivity contribution in [2.75, 3.05) is 0 Å². The highest BCUT2D eigenvalue weighted by Gasteiger charge is 2.24. The Hall–Kier alpha value is -3.91. The molecule has 2 aromatic carbocycles. The Labute approximate surface area is 186 Å². The van der Waals surface area contributed by atoms with Crippen LogP contribution >= 0.6 is 11.6 Å². The summed E-state index contributed by atoms with van der Waals surface area (Å²) < 4.78 is 3.57. The van der Waals surface area contributed by atoms with E-state index in [0.717, 1.165) is 21.0 Å². The number of nitrogens with one attached hydrogen (secondary N) is 1. The summed E-state index contributed by atoms with van der Waals surface area (Å²) in [7, 11) is 2.89. The van der Waals surface area contributed by atoms with Gasteiger partial charge in [0.15, 0.2) is 16.9 Å². The molecule has 9 heteroatoms. The number of imidazole rings is 1. The molecule has 0 aliphatic rings. The first-order chi connectivity index (χ1) is 15.4. The number of hydrogen-bond donors (Lipinski definition) is 1. The number of aryl methyl sites for hydroxylation is 1. The van der Waals surface area contributed by atoms with Gasteiger partial charge in [-0.1, -0.05) is 48.5 Å². The SMILES string of the molecule is Cn1c(=O)c2c(nc(Cl)n2CC(=O)c2c(-c3ccccc3)[nH]c3ccccc23)n(C)c1=O. The molecule has 0 saturated heterocycles. The summed E-state index contributed by atoms with van der Waals surface area (Å²) in [5.74, 6) is -0.238. The molecule has 3 aromatic heterocycles. The fourth-order valence-corrected chi connectivity index (χ4v) is 4.26. The van der Waals surface area contributed by atoms with Gasteiger partial charge in [0.25, 0.3) is 5.56 Å². The highest BCUT2D eigenvalue weighted by Crippen LogP contribution is 2.31. The molecule has 1 N–H and O–H groups in total. The second kappa shape index (κ2) is 7.35. The minimum Gasteiger partial charge on any atom is -0.354 e. The number of rotatable bonds is 4. The van der Waals surface area contributed by atoms with E-state index in [1.165, 1.54) is 23.2 Å². The minimum atomic E-state index is -0.558. The number of aromatic nitrogens is 5. The van der Waals surface area contributed by atoms with E-state index in [-0.39, 0.29) is 28.8 Å². The van der Waals surface area contributed by atoms with E-state index in [1.54, 1.807) is 0 Å². The Morgan fingerprint density at radius 1 is 1.00 bits per heavy atom. The van der Waals surface area contributed by atoms with E-state index in [9.17, 15) is 14.4 Å². The van der Waals surface area contributed by atoms with Crippen LogP contribution in [0.4, 0.5) is 0 Å². The largest absolute Gasteiger partial charge is 0.354 e. The van der Waals surface area contributed by atoms with Crippen LogP contribution in [0.2, 0.25) is 5.28 Å². The van der Waals surface area contributed by atoms with Crippen LogP contribution in [0.1, 0.15) is 10.4 Å². The minimum absolute atomic E-state index is 0.0345. The van der Waals surface area contributed by atoms with Crippen molar-refractivity contribution in [1.29, 1.82) is 0 Å². The van der Waals surface area contributed by atoms with Gasteiger partial charge in [0.05, 0.1) is 17.8 Å². The van der Waals surface area contributed by atoms with Crippen molar-refractivity contribution in [3.05, 3.63) is 86.3 Å². The molecule has 0 aliphatic carbocycles. The molecule has 0 aliphatic heterocycles. The number of ketones is 1. The molecule has 0 unspecified atom stereocenters. The topological polar surface area (TPSA) is 94.7 Å². The first-order valence-electron chi connectivity index (χ1n) is 9.89. The van der Waals surface area contributed by atoms with Gasteiger partial charge < -0.3 is 9.55 Å². The summed E-state index contributed by atoms with van der Waals surface area (Å²) in [6.45, 7) is -0.204. The maximum absolute atomic E-state index is 13.6. The highest BCUT2D eigenvalue weighted by molar-refractivity contribution is 6.29. The van der Waals surface area contributed by atoms with Gasteiger partial charge in [-0.3, -0.25) is 18.7 Å². The van der Waals surface area contributed by atoms with Gasteiger partial charge in [-0.05, 0) is 23.2 Å². The van der Waals surface area contributed by atoms with Gasteiger partial charge in [0, 0.05) is 25.0 Å². The number of para-hydroxylation sites is 1. The molecule has 0 amide bonds. The Balaban J connectivity index is 1.71. The number of H-pyrrole nitrogens is 1. The molecule has 3 heterocycles. The van der Waals surface area contributed by atoms with Gasteiger partial charge >= 0.3 is 5.69 Å². The fraction of sp³-hybridized carbons (Fsp3) is 0.130. The van der Waals surface area contributed by atoms with Crippen LogP contribution in [0.5, 0.6) is 0 Å². The molecular weight excluding hydrogens is 430 g/mol. The number of nitrogens with zero attached hydrogens (tertiary/aromatic N) is 4. The maximum Gasteiger partial charge on any atom is 0.332 e. The smallest absolute Gasteiger partial charge is 0.332 e. The van der Waals surface area contributed by atoms with Crippen molar-refractivity contribution >= 4 is 39.5 Å². The number of benzene rings is 2. The second-order valence-corrected chi connectivity index (χ2v) is 7.89. The lowest BCUT2D eigenvalue weighted by Crippen LogP contribution is -2.37. The van der Waals surface area contributed by atoms with E-state index in [4.69, 9.17) is 11.6 Å². The van der Waals surface area contributed by atoms with E-state index >= 15 is 0 Å². The summed E-state index contributed by atoms with van der Waals surface area (Å²) in [5, 5.41) is 0.741. The molecule has 8 nitrogen and oxygen atoms in total. The van der Waals surface area contributed by atoms with Crippen LogP contribution in [0, 0.1) is 0 Å². The van der Waals surface area contributed by atoms with Gasteiger partial charge in [0.1, 0.15) is 0 Å². The molecule has 32 heavy (non-hydrogen) atoms. The van der Waals surface area contributed by atoms with Gasteiger partial charge in [-0.2, -0.15) is 4.98 Å². The molecular formula is C23H18ClN5O3. The lowest BCUT2D eigenvalue weighted by Gasteiger charge is -2.08. The highest BCUT2D eigenvalue weighted by atomic mass is 35.5. The number of halogens is 1. The predicted molar refractivity (Wildman–Crippen MR) is 123 cm³/mol. The first kappa shape index (κ1) is 20.0. The summed E-state index contributed by atoms with van der Waals surface area (Å²) >= 11 is 6.33. The van der Waals surface area contributed by atoms with E-state index in [1.807, 2.05) is 54.6 Å². The summed E-state index contributed by atoms with van der Waals surface area (Å²) in [6.07, 6.45) is 0. The summed E-state index contributed by atoms with van der Waals surface area (Å²) in [6, 6.07) is 17.1. The van der Waals surface area contributed by atoms with Gasteiger partial charge in [-0.15, -0.1) is 0 Å². The van der Waals surface area contributed by atoms with Crippen LogP contribution in [-0.4, -0.2) is 29.5 Å². The predicted octanol–water partition coefficient (Wildman–Crippen LogP) is 3.12. The van der Waals surface area contributed by atoms with Gasteiger partial charge in [-0.25, -0.2) is 4.79 Å². The maximum atomic E-state index is 13.6. The normalized spacial score (nSPS) is 11.5. The third kappa shape index (κ3) is 2.91. The molecule has 5 aromatic rings. The molecule has 0 radical (unpaired) electrons. The zero-order valence-electron chi connectivity index (χ0n) is 17.3. The van der Waals surface area contributed by atoms with Crippen LogP contribution in [-0.2, 0) is 20.6 Å². The van der Waals surface area contributed by atoms with E-state index in [2.05, 4.69) is 9.97 Å². The van der Waals surface area contributed by atoms with Crippen LogP contribution in [0.3, 0.4) is 0 Å². The van der Waals surface area contributed by atoms with Crippen LogP contribution in [0.25, 0.3) is 33.3 Å². The number of hydrogen-bond acceptors (Lipinski definition) is 4. The van der Waals surface area contributed by atoms with Crippen molar-refractivity contribution in [1.82, 2.24) is 23.7 Å². The average molecular weight is 448 g/mol. The number of Topliss-reactive ketones (excluding diaryl/α,β-unsaturated/α-hetero) is 1. The van der Waals surface area contributed by atoms with Crippen LogP contribution in [0.15, 0.2) is 64.2 Å². The third-order valence-corrected chi connectivity index (χ3v) is 5.94. The number of fused-ring (bicyclic) bond motifs is 2. The lowest BCUT2D eigenvalue weighted by molar-refractivity contribution is 0.0975. The third-order valence-electron chi connectivity index (χ3n) is 5.65. The average Bonchev–Trinajstić information content (AvgIpc) is 3.35. The quantitative estimate of drug-likeness (QED) is 0.338. The monoisotopic (exact) mass is 447 g/mol. The zero-order valence-corrected chi connectivity index (χ0v) is 18.1. The van der Waals surface area contributed by atoms with Crippen molar-refractivity contribution in [2.45, 2.75) is 6.54 Å². The second-order valence-electron chi connectivity index (χ2n) is 7.55. The Morgan fingerprint density at radius 3 is 2.44 bits per heavy atom. The number of aromatic amines is 1. The molecule has 0 fully saturated rings. The zero-order chi connectivity index (χ0) is 22.6. The van der Waals surface area contributed by atoms with Gasteiger partial charge in [0.2, 0.25) is 5.28 Å².